The second-order valence-electron chi connectivity index (χ2n) is 4.64. The number of hydrogen-bond acceptors (Lipinski definition) is 3. The van der Waals surface area contributed by atoms with Crippen LogP contribution in [0.5, 0.6) is 0 Å². The van der Waals surface area contributed by atoms with Gasteiger partial charge in [0, 0.05) is 0 Å². The second-order valence-corrected chi connectivity index (χ2v) is 4.64. The van der Waals surface area contributed by atoms with Crippen molar-refractivity contribution in [3.63, 3.8) is 0 Å². The summed E-state index contributed by atoms with van der Waals surface area (Å²) in [5, 5.41) is 0. The Morgan fingerprint density at radius 2 is 2.13 bits per heavy atom. The van der Waals surface area contributed by atoms with Gasteiger partial charge in [-0.15, -0.1) is 0 Å². The first kappa shape index (κ1) is 10.9. The van der Waals surface area contributed by atoms with E-state index in [9.17, 15) is 4.79 Å². The van der Waals surface area contributed by atoms with Crippen LogP contribution in [0.15, 0.2) is 0 Å². The van der Waals surface area contributed by atoms with Gasteiger partial charge in [0.05, 0.1) is 6.61 Å². The quantitative estimate of drug-likeness (QED) is 0.408. The zero-order valence-corrected chi connectivity index (χ0v) is 9.46. The van der Waals surface area contributed by atoms with Gasteiger partial charge in [0.15, 0.2) is 6.10 Å². The predicted octanol–water partition coefficient (Wildman–Crippen LogP) is 2.43. The minimum Gasteiger partial charge on any atom is -0.464 e. The topological polar surface area (TPSA) is 38.8 Å². The lowest BCUT2D eigenvalue weighted by Crippen LogP contribution is -2.25. The SMILES string of the molecule is CCCCOC(=O)[C@@H]1OC12CCCCC2. The second kappa shape index (κ2) is 4.52. The molecule has 1 heterocycles. The monoisotopic (exact) mass is 212 g/mol. The summed E-state index contributed by atoms with van der Waals surface area (Å²) in [6.45, 7) is 2.63. The molecule has 1 aliphatic heterocycles. The van der Waals surface area contributed by atoms with E-state index >= 15 is 0 Å². The van der Waals surface area contributed by atoms with Gasteiger partial charge in [-0.1, -0.05) is 32.6 Å². The summed E-state index contributed by atoms with van der Waals surface area (Å²) in [6, 6.07) is 0. The van der Waals surface area contributed by atoms with Crippen LogP contribution in [0.4, 0.5) is 0 Å². The highest BCUT2D eigenvalue weighted by Gasteiger charge is 2.61. The number of hydrogen-bond donors (Lipinski definition) is 0. The van der Waals surface area contributed by atoms with E-state index in [0.29, 0.717) is 6.61 Å². The highest BCUT2D eigenvalue weighted by Crippen LogP contribution is 2.48. The molecule has 0 aromatic rings. The lowest BCUT2D eigenvalue weighted by atomic mass is 9.86. The van der Waals surface area contributed by atoms with E-state index in [1.54, 1.807) is 0 Å². The van der Waals surface area contributed by atoms with Gasteiger partial charge in [-0.25, -0.2) is 4.79 Å². The fourth-order valence-corrected chi connectivity index (χ4v) is 2.39. The summed E-state index contributed by atoms with van der Waals surface area (Å²) >= 11 is 0. The lowest BCUT2D eigenvalue weighted by Gasteiger charge is -2.17. The van der Waals surface area contributed by atoms with Crippen LogP contribution in [-0.4, -0.2) is 24.3 Å². The first-order valence-electron chi connectivity index (χ1n) is 6.13. The summed E-state index contributed by atoms with van der Waals surface area (Å²) in [4.78, 5) is 11.6. The molecule has 0 aromatic heterocycles. The third kappa shape index (κ3) is 2.33. The van der Waals surface area contributed by atoms with Crippen LogP contribution >= 0.6 is 0 Å². The number of carbonyl (C=O) groups excluding carboxylic acids is 1. The van der Waals surface area contributed by atoms with Gasteiger partial charge < -0.3 is 9.47 Å². The summed E-state index contributed by atoms with van der Waals surface area (Å²) in [5.41, 5.74) is -0.110. The van der Waals surface area contributed by atoms with Crippen LogP contribution in [0, 0.1) is 0 Å². The smallest absolute Gasteiger partial charge is 0.338 e. The Labute approximate surface area is 91.1 Å². The molecule has 0 N–H and O–H groups in total. The van der Waals surface area contributed by atoms with E-state index < -0.39 is 0 Å². The Hall–Kier alpha value is -0.570. The first-order valence-corrected chi connectivity index (χ1v) is 6.13. The summed E-state index contributed by atoms with van der Waals surface area (Å²) in [5.74, 6) is -0.134. The number of esters is 1. The van der Waals surface area contributed by atoms with E-state index in [2.05, 4.69) is 6.92 Å². The van der Waals surface area contributed by atoms with Crippen molar-refractivity contribution in [2.24, 2.45) is 0 Å². The average Bonchev–Trinajstić information content (AvgIpc) is 2.94. The molecular formula is C12H20O3. The van der Waals surface area contributed by atoms with E-state index in [1.807, 2.05) is 0 Å². The van der Waals surface area contributed by atoms with Crippen LogP contribution in [0.25, 0.3) is 0 Å². The van der Waals surface area contributed by atoms with Crippen molar-refractivity contribution in [2.45, 2.75) is 63.6 Å². The van der Waals surface area contributed by atoms with Crippen LogP contribution in [0.3, 0.4) is 0 Å². The fourth-order valence-electron chi connectivity index (χ4n) is 2.39. The molecule has 3 nitrogen and oxygen atoms in total. The maximum absolute atomic E-state index is 11.6. The number of ether oxygens (including phenoxy) is 2. The van der Waals surface area contributed by atoms with Gasteiger partial charge in [-0.05, 0) is 19.3 Å². The van der Waals surface area contributed by atoms with Gasteiger partial charge in [0.2, 0.25) is 0 Å². The molecular weight excluding hydrogens is 192 g/mol. The Balaban J connectivity index is 1.74. The molecule has 0 bridgehead atoms. The highest BCUT2D eigenvalue weighted by atomic mass is 16.7. The molecule has 0 amide bonds. The fraction of sp³-hybridized carbons (Fsp3) is 0.917. The highest BCUT2D eigenvalue weighted by molar-refractivity contribution is 5.79. The third-order valence-electron chi connectivity index (χ3n) is 3.43. The summed E-state index contributed by atoms with van der Waals surface area (Å²) < 4.78 is 10.7. The average molecular weight is 212 g/mol. The van der Waals surface area contributed by atoms with E-state index in [4.69, 9.17) is 9.47 Å². The molecule has 1 saturated carbocycles. The molecule has 2 fully saturated rings. The van der Waals surface area contributed by atoms with Crippen molar-refractivity contribution in [3.8, 4) is 0 Å². The van der Waals surface area contributed by atoms with E-state index in [0.717, 1.165) is 25.7 Å². The van der Waals surface area contributed by atoms with Crippen LogP contribution in [0.2, 0.25) is 0 Å². The van der Waals surface area contributed by atoms with Crippen LogP contribution in [0.1, 0.15) is 51.9 Å². The van der Waals surface area contributed by atoms with Crippen molar-refractivity contribution in [1.29, 1.82) is 0 Å². The summed E-state index contributed by atoms with van der Waals surface area (Å²) in [7, 11) is 0. The third-order valence-corrected chi connectivity index (χ3v) is 3.43. The van der Waals surface area contributed by atoms with Crippen molar-refractivity contribution >= 4 is 5.97 Å². The predicted molar refractivity (Wildman–Crippen MR) is 56.6 cm³/mol. The molecule has 1 aliphatic carbocycles. The largest absolute Gasteiger partial charge is 0.464 e. The molecule has 2 aliphatic rings. The molecule has 0 aromatic carbocycles. The maximum Gasteiger partial charge on any atom is 0.338 e. The van der Waals surface area contributed by atoms with E-state index in [1.165, 1.54) is 19.3 Å². The zero-order valence-electron chi connectivity index (χ0n) is 9.46. The lowest BCUT2D eigenvalue weighted by molar-refractivity contribution is -0.145. The minimum atomic E-state index is -0.241. The Kier molecular flexibility index (Phi) is 3.29. The maximum atomic E-state index is 11.6. The van der Waals surface area contributed by atoms with Crippen molar-refractivity contribution in [2.75, 3.05) is 6.61 Å². The zero-order chi connectivity index (χ0) is 10.7. The Bertz CT molecular complexity index is 231. The Morgan fingerprint density at radius 1 is 1.40 bits per heavy atom. The molecule has 3 heteroatoms. The van der Waals surface area contributed by atoms with Crippen molar-refractivity contribution in [3.05, 3.63) is 0 Å². The van der Waals surface area contributed by atoms with Gasteiger partial charge >= 0.3 is 5.97 Å². The standard InChI is InChI=1S/C12H20O3/c1-2-3-9-14-11(13)10-12(15-10)7-5-4-6-8-12/h10H,2-9H2,1H3/t10-/m0/s1. The molecule has 86 valence electrons. The molecule has 0 unspecified atom stereocenters. The van der Waals surface area contributed by atoms with Crippen LogP contribution < -0.4 is 0 Å². The number of rotatable bonds is 4. The number of epoxide rings is 1. The van der Waals surface area contributed by atoms with Crippen molar-refractivity contribution < 1.29 is 14.3 Å². The Morgan fingerprint density at radius 3 is 2.80 bits per heavy atom. The summed E-state index contributed by atoms with van der Waals surface area (Å²) in [6.07, 6.45) is 7.52. The molecule has 1 atom stereocenters. The van der Waals surface area contributed by atoms with Gasteiger partial charge in [0.1, 0.15) is 5.60 Å². The number of carbonyl (C=O) groups is 1. The molecule has 1 saturated heterocycles. The molecule has 2 rings (SSSR count). The minimum absolute atomic E-state index is 0.110. The van der Waals surface area contributed by atoms with Gasteiger partial charge in [-0.2, -0.15) is 0 Å². The molecule has 0 radical (unpaired) electrons. The number of unbranched alkanes of at least 4 members (excludes halogenated alkanes) is 1. The first-order chi connectivity index (χ1) is 7.28. The van der Waals surface area contributed by atoms with Crippen molar-refractivity contribution in [1.82, 2.24) is 0 Å². The van der Waals surface area contributed by atoms with Gasteiger partial charge in [0.25, 0.3) is 0 Å². The van der Waals surface area contributed by atoms with E-state index in [-0.39, 0.29) is 17.7 Å². The molecule has 15 heavy (non-hydrogen) atoms. The van der Waals surface area contributed by atoms with Crippen LogP contribution in [-0.2, 0) is 14.3 Å². The van der Waals surface area contributed by atoms with Gasteiger partial charge in [-0.3, -0.25) is 0 Å². The normalized spacial score (nSPS) is 27.7. The molecule has 1 spiro atoms.